The Morgan fingerprint density at radius 1 is 0.244 bits per heavy atom. The van der Waals surface area contributed by atoms with E-state index in [1.54, 1.807) is 0 Å². The first kappa shape index (κ1) is 50.2. The lowest BCUT2D eigenvalue weighted by atomic mass is 9.68. The Hall–Kier alpha value is -10.4. The van der Waals surface area contributed by atoms with Gasteiger partial charge >= 0.3 is 0 Å². The Labute approximate surface area is 498 Å². The van der Waals surface area contributed by atoms with Crippen LogP contribution in [0.1, 0.15) is 108 Å². The van der Waals surface area contributed by atoms with E-state index in [4.69, 9.17) is 0 Å². The predicted octanol–water partition coefficient (Wildman–Crippen LogP) is 22.2. The van der Waals surface area contributed by atoms with Crippen molar-refractivity contribution in [2.24, 2.45) is 0 Å². The van der Waals surface area contributed by atoms with E-state index in [1.165, 1.54) is 55.6 Å². The molecule has 0 aromatic heterocycles. The summed E-state index contributed by atoms with van der Waals surface area (Å²) in [6, 6.07) is 55.9. The second-order valence-corrected chi connectivity index (χ2v) is 27.3. The summed E-state index contributed by atoms with van der Waals surface area (Å²) in [6.07, 6.45) is 0. The molecule has 17 aromatic carbocycles. The topological polar surface area (TPSA) is 95.2 Å². The molecule has 0 saturated heterocycles. The van der Waals surface area contributed by atoms with E-state index < -0.39 is 0 Å². The molecule has 86 heavy (non-hydrogen) atoms. The normalized spacial score (nSPS) is 12.8. The van der Waals surface area contributed by atoms with Gasteiger partial charge in [0.1, 0.15) is 24.3 Å². The summed E-state index contributed by atoms with van der Waals surface area (Å²) < 4.78 is 0. The highest BCUT2D eigenvalue weighted by atomic mass is 14.4. The van der Waals surface area contributed by atoms with Crippen molar-refractivity contribution in [3.8, 4) is 68.8 Å². The SMILES string of the molecule is Cc1cc(C)c(-c2c3ccc4c(C#N)c(C#N)c5ccc6c(-c7ccc(C(C)(C)C)cc7)c7c(-c8c(C)cc(C)cc8C)c8ccc9c(C#N)c(C#N)c%10ccc%11c(-c%12ccc(C(C)(C)C)cc%12)c2c2c%12c%11c%10c9c8c%12c7c7c6c5c4c3c27)c(C)c1. The zero-order valence-corrected chi connectivity index (χ0v) is 50.3. The van der Waals surface area contributed by atoms with Gasteiger partial charge in [0, 0.05) is 43.1 Å². The van der Waals surface area contributed by atoms with Crippen molar-refractivity contribution >= 4 is 129 Å². The Kier molecular flexibility index (Phi) is 9.50. The lowest BCUT2D eigenvalue weighted by Gasteiger charge is -2.33. The fourth-order valence-corrected chi connectivity index (χ4v) is 17.2. The zero-order valence-electron chi connectivity index (χ0n) is 50.3. The molecule has 0 unspecified atom stereocenters. The summed E-state index contributed by atoms with van der Waals surface area (Å²) in [5.74, 6) is 0. The standard InChI is InChI=1S/C82H56N4/c1-37-29-39(3)59(40(4)30-37)67-53-27-23-49-57(35-85)55(33-83)47-22-26-52-62(44-15-19-46(20-16-44)82(10,11)12)74-68(60-41(5)31-38(2)32-42(60)6)54-28-24-50-58(36-86)56(34-84)48-21-25-51-61(43-13-17-45(18-14-43)81(7,8)9)73(67)79-75-69(51)64(48)66(50)72(54)78(75)80(74)76-70(52)63(47)65(49)71(53)77(76)79/h13-32H,1-12H3. The number of hydrogen-bond acceptors (Lipinski definition) is 4. The minimum Gasteiger partial charge on any atom is -0.192 e. The maximum Gasteiger partial charge on any atom is 0.101 e. The molecule has 0 aliphatic carbocycles. The maximum atomic E-state index is 11.5. The van der Waals surface area contributed by atoms with E-state index in [1.807, 2.05) is 0 Å². The molecule has 17 rings (SSSR count). The van der Waals surface area contributed by atoms with Crippen LogP contribution < -0.4 is 0 Å². The molecule has 17 aromatic rings. The summed E-state index contributed by atoms with van der Waals surface area (Å²) in [7, 11) is 0. The van der Waals surface area contributed by atoms with Gasteiger partial charge < -0.3 is 0 Å². The minimum atomic E-state index is -0.0951. The smallest absolute Gasteiger partial charge is 0.101 e. The molecule has 0 saturated carbocycles. The maximum absolute atomic E-state index is 11.5. The van der Waals surface area contributed by atoms with Crippen LogP contribution in [-0.4, -0.2) is 0 Å². The Bertz CT molecular complexity index is 5640. The van der Waals surface area contributed by atoms with Gasteiger partial charge in [0.15, 0.2) is 0 Å². The lowest BCUT2D eigenvalue weighted by molar-refractivity contribution is 0.590. The third-order valence-corrected chi connectivity index (χ3v) is 20.4. The first-order valence-corrected chi connectivity index (χ1v) is 30.0. The molecule has 0 fully saturated rings. The van der Waals surface area contributed by atoms with Gasteiger partial charge in [-0.25, -0.2) is 0 Å². The fraction of sp³-hybridized carbons (Fsp3) is 0.171. The average molecular weight is 1100 g/mol. The Morgan fingerprint density at radius 3 is 0.709 bits per heavy atom. The highest BCUT2D eigenvalue weighted by molar-refractivity contribution is 6.62. The van der Waals surface area contributed by atoms with Crippen molar-refractivity contribution in [1.82, 2.24) is 0 Å². The van der Waals surface area contributed by atoms with Crippen molar-refractivity contribution in [3.05, 3.63) is 188 Å². The van der Waals surface area contributed by atoms with E-state index >= 15 is 0 Å². The van der Waals surface area contributed by atoms with E-state index in [0.717, 1.165) is 163 Å². The van der Waals surface area contributed by atoms with Gasteiger partial charge in [0.05, 0.1) is 22.3 Å². The van der Waals surface area contributed by atoms with E-state index in [-0.39, 0.29) is 10.8 Å². The van der Waals surface area contributed by atoms with E-state index in [9.17, 15) is 21.0 Å². The summed E-state index contributed by atoms with van der Waals surface area (Å²) in [6.45, 7) is 27.0. The van der Waals surface area contributed by atoms with Crippen LogP contribution in [-0.2, 0) is 10.8 Å². The molecular weight excluding hydrogens is 1040 g/mol. The van der Waals surface area contributed by atoms with Crippen molar-refractivity contribution in [2.45, 2.75) is 93.9 Å². The highest BCUT2D eigenvalue weighted by Gasteiger charge is 2.38. The van der Waals surface area contributed by atoms with E-state index in [2.05, 4.69) is 229 Å². The van der Waals surface area contributed by atoms with Gasteiger partial charge in [-0.2, -0.15) is 21.0 Å². The van der Waals surface area contributed by atoms with Gasteiger partial charge in [0.25, 0.3) is 0 Å². The molecule has 0 atom stereocenters. The number of nitriles is 4. The molecule has 0 bridgehead atoms. The number of benzene rings is 17. The molecule has 4 nitrogen and oxygen atoms in total. The molecular formula is C82H56N4. The van der Waals surface area contributed by atoms with Crippen LogP contribution in [0.3, 0.4) is 0 Å². The van der Waals surface area contributed by atoms with Gasteiger partial charge in [-0.1, -0.05) is 174 Å². The monoisotopic (exact) mass is 1100 g/mol. The van der Waals surface area contributed by atoms with Crippen LogP contribution in [0.2, 0.25) is 0 Å². The quantitative estimate of drug-likeness (QED) is 0.130. The molecule has 404 valence electrons. The van der Waals surface area contributed by atoms with Crippen LogP contribution in [0.4, 0.5) is 0 Å². The molecule has 0 N–H and O–H groups in total. The molecule has 0 amide bonds. The Morgan fingerprint density at radius 2 is 0.465 bits per heavy atom. The molecule has 4 heteroatoms. The Balaban J connectivity index is 1.31. The van der Waals surface area contributed by atoms with Gasteiger partial charge in [-0.3, -0.25) is 0 Å². The molecule has 0 radical (unpaired) electrons. The van der Waals surface area contributed by atoms with Crippen LogP contribution in [0.25, 0.3) is 174 Å². The molecule has 0 aliphatic heterocycles. The van der Waals surface area contributed by atoms with Gasteiger partial charge in [-0.15, -0.1) is 0 Å². The van der Waals surface area contributed by atoms with Crippen LogP contribution in [0.15, 0.2) is 121 Å². The summed E-state index contributed by atoms with van der Waals surface area (Å²) in [4.78, 5) is 0. The highest BCUT2D eigenvalue weighted by Crippen LogP contribution is 2.65. The van der Waals surface area contributed by atoms with Crippen LogP contribution >= 0.6 is 0 Å². The van der Waals surface area contributed by atoms with Crippen LogP contribution in [0, 0.1) is 86.9 Å². The number of aryl methyl sites for hydroxylation is 6. The zero-order chi connectivity index (χ0) is 59.4. The largest absolute Gasteiger partial charge is 0.192 e. The lowest BCUT2D eigenvalue weighted by Crippen LogP contribution is -2.10. The predicted molar refractivity (Wildman–Crippen MR) is 361 cm³/mol. The van der Waals surface area contributed by atoms with Crippen molar-refractivity contribution in [3.63, 3.8) is 0 Å². The first-order valence-electron chi connectivity index (χ1n) is 30.0. The summed E-state index contributed by atoms with van der Waals surface area (Å²) >= 11 is 0. The van der Waals surface area contributed by atoms with Gasteiger partial charge in [-0.05, 0) is 216 Å². The average Bonchev–Trinajstić information content (AvgIpc) is 0.638. The van der Waals surface area contributed by atoms with Crippen LogP contribution in [0.5, 0.6) is 0 Å². The molecule has 0 heterocycles. The minimum absolute atomic E-state index is 0.0951. The van der Waals surface area contributed by atoms with Crippen molar-refractivity contribution < 1.29 is 0 Å². The third-order valence-electron chi connectivity index (χ3n) is 20.4. The summed E-state index contributed by atoms with van der Waals surface area (Å²) in [5.41, 5.74) is 20.0. The summed E-state index contributed by atoms with van der Waals surface area (Å²) in [5, 5.41) is 70.9. The van der Waals surface area contributed by atoms with Crippen molar-refractivity contribution in [2.75, 3.05) is 0 Å². The molecule has 0 aliphatic rings. The van der Waals surface area contributed by atoms with Gasteiger partial charge in [0.2, 0.25) is 0 Å². The number of hydrogen-bond donors (Lipinski definition) is 0. The second kappa shape index (κ2) is 16.3. The number of nitrogens with zero attached hydrogens (tertiary/aromatic N) is 4. The fourth-order valence-electron chi connectivity index (χ4n) is 17.2. The van der Waals surface area contributed by atoms with Crippen molar-refractivity contribution in [1.29, 1.82) is 21.0 Å². The van der Waals surface area contributed by atoms with E-state index in [0.29, 0.717) is 22.3 Å². The third kappa shape index (κ3) is 5.85. The second-order valence-electron chi connectivity index (χ2n) is 27.3. The number of rotatable bonds is 4. The molecule has 0 spiro atoms. The first-order chi connectivity index (χ1) is 41.3.